The SMILES string of the molecule is CCCN1C(=O)C(C)(C)COc2cc(NC(=O)c3cc(Cl)cc(Cl)c3)ccc21. The van der Waals surface area contributed by atoms with Gasteiger partial charge in [-0.3, -0.25) is 9.59 Å². The third-order valence-corrected chi connectivity index (χ3v) is 4.93. The Bertz CT molecular complexity index is 908. The quantitative estimate of drug-likeness (QED) is 0.719. The molecule has 2 amide bonds. The Morgan fingerprint density at radius 1 is 1.18 bits per heavy atom. The molecule has 1 N–H and O–H groups in total. The zero-order valence-corrected chi connectivity index (χ0v) is 17.5. The van der Waals surface area contributed by atoms with Gasteiger partial charge < -0.3 is 15.0 Å². The molecule has 0 bridgehead atoms. The van der Waals surface area contributed by atoms with E-state index in [0.29, 0.717) is 39.3 Å². The first-order valence-corrected chi connectivity index (χ1v) is 9.83. The number of hydrogen-bond donors (Lipinski definition) is 1. The molecule has 0 saturated heterocycles. The van der Waals surface area contributed by atoms with E-state index >= 15 is 0 Å². The summed E-state index contributed by atoms with van der Waals surface area (Å²) >= 11 is 11.9. The van der Waals surface area contributed by atoms with Crippen molar-refractivity contribution in [1.82, 2.24) is 0 Å². The van der Waals surface area contributed by atoms with Crippen molar-refractivity contribution < 1.29 is 14.3 Å². The summed E-state index contributed by atoms with van der Waals surface area (Å²) in [4.78, 5) is 27.2. The van der Waals surface area contributed by atoms with Gasteiger partial charge in [-0.25, -0.2) is 0 Å². The van der Waals surface area contributed by atoms with Gasteiger partial charge in [0.1, 0.15) is 12.4 Å². The van der Waals surface area contributed by atoms with Crippen LogP contribution in [0.3, 0.4) is 0 Å². The van der Waals surface area contributed by atoms with Crippen molar-refractivity contribution in [2.45, 2.75) is 27.2 Å². The Hall–Kier alpha value is -2.24. The highest BCUT2D eigenvalue weighted by atomic mass is 35.5. The molecule has 0 aliphatic carbocycles. The maximum atomic E-state index is 12.9. The number of carbonyl (C=O) groups excluding carboxylic acids is 2. The maximum Gasteiger partial charge on any atom is 0.255 e. The molecule has 2 aromatic rings. The van der Waals surface area contributed by atoms with Gasteiger partial charge in [0.15, 0.2) is 0 Å². The highest BCUT2D eigenvalue weighted by Crippen LogP contribution is 2.38. The zero-order chi connectivity index (χ0) is 20.5. The summed E-state index contributed by atoms with van der Waals surface area (Å²) in [7, 11) is 0. The smallest absolute Gasteiger partial charge is 0.255 e. The summed E-state index contributed by atoms with van der Waals surface area (Å²) in [5, 5.41) is 3.60. The van der Waals surface area contributed by atoms with E-state index < -0.39 is 5.41 Å². The van der Waals surface area contributed by atoms with Gasteiger partial charge in [-0.05, 0) is 50.6 Å². The van der Waals surface area contributed by atoms with Crippen molar-refractivity contribution in [1.29, 1.82) is 0 Å². The lowest BCUT2D eigenvalue weighted by Crippen LogP contribution is -2.42. The van der Waals surface area contributed by atoms with Crippen molar-refractivity contribution in [3.63, 3.8) is 0 Å². The third kappa shape index (κ3) is 4.26. The van der Waals surface area contributed by atoms with Gasteiger partial charge in [0.2, 0.25) is 5.91 Å². The summed E-state index contributed by atoms with van der Waals surface area (Å²) < 4.78 is 5.92. The lowest BCUT2D eigenvalue weighted by Gasteiger charge is -2.27. The number of amides is 2. The van der Waals surface area contributed by atoms with Crippen LogP contribution in [0.2, 0.25) is 10.0 Å². The molecule has 7 heteroatoms. The predicted molar refractivity (Wildman–Crippen MR) is 113 cm³/mol. The molecule has 0 saturated carbocycles. The van der Waals surface area contributed by atoms with Crippen LogP contribution in [-0.4, -0.2) is 25.0 Å². The molecule has 0 fully saturated rings. The molecule has 2 aromatic carbocycles. The average Bonchev–Trinajstić information content (AvgIpc) is 2.71. The van der Waals surface area contributed by atoms with Crippen LogP contribution in [0.5, 0.6) is 5.75 Å². The molecule has 5 nitrogen and oxygen atoms in total. The van der Waals surface area contributed by atoms with Gasteiger partial charge in [0.05, 0.1) is 11.1 Å². The summed E-state index contributed by atoms with van der Waals surface area (Å²) in [6.45, 7) is 6.63. The van der Waals surface area contributed by atoms with Gasteiger partial charge >= 0.3 is 0 Å². The van der Waals surface area contributed by atoms with Crippen LogP contribution in [0.25, 0.3) is 0 Å². The fraction of sp³-hybridized carbons (Fsp3) is 0.333. The van der Waals surface area contributed by atoms with E-state index in [1.807, 2.05) is 20.8 Å². The molecule has 1 aliphatic rings. The molecule has 28 heavy (non-hydrogen) atoms. The standard InChI is InChI=1S/C21H22Cl2N2O3/c1-4-7-25-17-6-5-16(11-18(17)28-12-21(2,3)20(25)27)24-19(26)13-8-14(22)10-15(23)9-13/h5-6,8-11H,4,7,12H2,1-3H3,(H,24,26). The highest BCUT2D eigenvalue weighted by Gasteiger charge is 2.37. The number of rotatable bonds is 4. The molecule has 0 atom stereocenters. The Balaban J connectivity index is 1.90. The fourth-order valence-corrected chi connectivity index (χ4v) is 3.58. The molecule has 3 rings (SSSR count). The van der Waals surface area contributed by atoms with Crippen LogP contribution < -0.4 is 15.0 Å². The number of nitrogens with zero attached hydrogens (tertiary/aromatic N) is 1. The average molecular weight is 421 g/mol. The molecule has 1 heterocycles. The van der Waals surface area contributed by atoms with Crippen molar-refractivity contribution in [3.05, 3.63) is 52.0 Å². The second kappa shape index (κ2) is 8.02. The summed E-state index contributed by atoms with van der Waals surface area (Å²) in [6, 6.07) is 9.94. The van der Waals surface area contributed by atoms with E-state index in [9.17, 15) is 9.59 Å². The number of ether oxygens (including phenoxy) is 1. The summed E-state index contributed by atoms with van der Waals surface area (Å²) in [6.07, 6.45) is 0.829. The van der Waals surface area contributed by atoms with Crippen molar-refractivity contribution in [2.75, 3.05) is 23.4 Å². The second-order valence-corrected chi connectivity index (χ2v) is 8.30. The van der Waals surface area contributed by atoms with Gasteiger partial charge in [-0.2, -0.15) is 0 Å². The molecule has 0 radical (unpaired) electrons. The number of anilines is 2. The van der Waals surface area contributed by atoms with E-state index in [1.54, 1.807) is 41.3 Å². The van der Waals surface area contributed by atoms with Crippen molar-refractivity contribution >= 4 is 46.4 Å². The number of fused-ring (bicyclic) bond motifs is 1. The lowest BCUT2D eigenvalue weighted by molar-refractivity contribution is -0.127. The topological polar surface area (TPSA) is 58.6 Å². The van der Waals surface area contributed by atoms with Crippen LogP contribution in [0.1, 0.15) is 37.6 Å². The van der Waals surface area contributed by atoms with Gasteiger partial charge in [0, 0.05) is 33.9 Å². The Labute approximate surface area is 174 Å². The van der Waals surface area contributed by atoms with Crippen LogP contribution in [0, 0.1) is 5.41 Å². The largest absolute Gasteiger partial charge is 0.490 e. The van der Waals surface area contributed by atoms with E-state index in [2.05, 4.69) is 5.32 Å². The molecule has 148 valence electrons. The fourth-order valence-electron chi connectivity index (χ4n) is 3.06. The van der Waals surface area contributed by atoms with E-state index in [1.165, 1.54) is 0 Å². The molecule has 1 aliphatic heterocycles. The minimum Gasteiger partial charge on any atom is -0.490 e. The number of hydrogen-bond acceptors (Lipinski definition) is 3. The Kier molecular flexibility index (Phi) is 5.87. The van der Waals surface area contributed by atoms with Gasteiger partial charge in [0.25, 0.3) is 5.91 Å². The Morgan fingerprint density at radius 2 is 1.86 bits per heavy atom. The van der Waals surface area contributed by atoms with Crippen LogP contribution >= 0.6 is 23.2 Å². The molecule has 0 spiro atoms. The monoisotopic (exact) mass is 420 g/mol. The van der Waals surface area contributed by atoms with Crippen molar-refractivity contribution in [2.24, 2.45) is 5.41 Å². The first-order chi connectivity index (χ1) is 13.2. The minimum absolute atomic E-state index is 0.0263. The minimum atomic E-state index is -0.630. The van der Waals surface area contributed by atoms with Gasteiger partial charge in [-0.1, -0.05) is 30.1 Å². The lowest BCUT2D eigenvalue weighted by atomic mass is 9.93. The molecular formula is C21H22Cl2N2O3. The van der Waals surface area contributed by atoms with Crippen molar-refractivity contribution in [3.8, 4) is 5.75 Å². The maximum absolute atomic E-state index is 12.9. The van der Waals surface area contributed by atoms with E-state index in [4.69, 9.17) is 27.9 Å². The third-order valence-electron chi connectivity index (χ3n) is 4.49. The van der Waals surface area contributed by atoms with Crippen LogP contribution in [-0.2, 0) is 4.79 Å². The summed E-state index contributed by atoms with van der Waals surface area (Å²) in [5.41, 5.74) is 0.997. The molecule has 0 aromatic heterocycles. The number of carbonyl (C=O) groups is 2. The van der Waals surface area contributed by atoms with Crippen LogP contribution in [0.4, 0.5) is 11.4 Å². The normalized spacial score (nSPS) is 15.5. The summed E-state index contributed by atoms with van der Waals surface area (Å²) in [5.74, 6) is 0.257. The van der Waals surface area contributed by atoms with E-state index in [-0.39, 0.29) is 18.4 Å². The number of halogens is 2. The van der Waals surface area contributed by atoms with E-state index in [0.717, 1.165) is 6.42 Å². The zero-order valence-electron chi connectivity index (χ0n) is 16.0. The first kappa shape index (κ1) is 20.5. The predicted octanol–water partition coefficient (Wildman–Crippen LogP) is 5.41. The van der Waals surface area contributed by atoms with Gasteiger partial charge in [-0.15, -0.1) is 0 Å². The first-order valence-electron chi connectivity index (χ1n) is 9.07. The van der Waals surface area contributed by atoms with Crippen LogP contribution in [0.15, 0.2) is 36.4 Å². The molecular weight excluding hydrogens is 399 g/mol. The number of benzene rings is 2. The number of nitrogens with one attached hydrogen (secondary N) is 1. The second-order valence-electron chi connectivity index (χ2n) is 7.42. The highest BCUT2D eigenvalue weighted by molar-refractivity contribution is 6.35. The molecule has 0 unspecified atom stereocenters. The Morgan fingerprint density at radius 3 is 2.50 bits per heavy atom.